The number of carbonyl (C=O) groups is 8. The van der Waals surface area contributed by atoms with Gasteiger partial charge in [0.2, 0.25) is 0 Å². The van der Waals surface area contributed by atoms with Crippen LogP contribution in [0.1, 0.15) is 82.5 Å². The van der Waals surface area contributed by atoms with Crippen molar-refractivity contribution in [3.05, 3.63) is 0 Å². The second kappa shape index (κ2) is 24.8. The molecule has 0 bridgehead atoms. The predicted octanol–water partition coefficient (Wildman–Crippen LogP) is 0.300. The van der Waals surface area contributed by atoms with Crippen LogP contribution in [0.15, 0.2) is 0 Å². The first-order valence-electron chi connectivity index (χ1n) is 13.8. The van der Waals surface area contributed by atoms with Gasteiger partial charge in [0.05, 0.1) is 24.9 Å². The van der Waals surface area contributed by atoms with Gasteiger partial charge in [0, 0.05) is 37.9 Å². The third kappa shape index (κ3) is 27.2. The topological polar surface area (TPSA) is 322 Å². The van der Waals surface area contributed by atoms with Gasteiger partial charge in [0.25, 0.3) is 0 Å². The first kappa shape index (κ1) is 47.3. The number of hydrogen-bond donors (Lipinski definition) is 8. The van der Waals surface area contributed by atoms with Crippen molar-refractivity contribution < 1.29 is 60.2 Å². The van der Waals surface area contributed by atoms with E-state index in [1.54, 1.807) is 55.4 Å². The molecule has 0 unspecified atom stereocenters. The van der Waals surface area contributed by atoms with Gasteiger partial charge in [0.15, 0.2) is 11.6 Å². The Kier molecular flexibility index (Phi) is 26.7. The molecule has 0 radical (unpaired) electrons. The lowest BCUT2D eigenvalue weighted by Crippen LogP contribution is -2.35. The molecule has 258 valence electrons. The molecule has 0 aliphatic rings. The maximum atomic E-state index is 11.0. The number of carboxylic acids is 4. The summed E-state index contributed by atoms with van der Waals surface area (Å²) in [4.78, 5) is 84.4. The Morgan fingerprint density at radius 1 is 0.432 bits per heavy atom. The van der Waals surface area contributed by atoms with E-state index in [9.17, 15) is 38.4 Å². The first-order chi connectivity index (χ1) is 19.8. The van der Waals surface area contributed by atoms with Crippen molar-refractivity contribution in [3.8, 4) is 0 Å². The van der Waals surface area contributed by atoms with Gasteiger partial charge in [-0.15, -0.1) is 0 Å². The van der Waals surface area contributed by atoms with Gasteiger partial charge in [-0.05, 0) is 0 Å². The fraction of sp³-hybridized carbons (Fsp3) is 0.714. The predicted molar refractivity (Wildman–Crippen MR) is 162 cm³/mol. The number of hydrogen-bond acceptors (Lipinski definition) is 12. The van der Waals surface area contributed by atoms with Gasteiger partial charge in [-0.1, -0.05) is 55.4 Å². The Balaban J connectivity index is -0.000000157. The SMILES string of the molecule is CC(C)C(=O)C[C@@H](N)C(=O)O.CC(C)C(=O)C[C@H](N)C(=O)O.CC(C)C(=O)[C@@H](N)CC(=O)O.CC(C)C(=O)[C@H](N)CC(=O)O.[2HH]. The maximum absolute atomic E-state index is 11.0. The number of carbonyl (C=O) groups excluding carboxylic acids is 4. The van der Waals surface area contributed by atoms with Gasteiger partial charge in [-0.3, -0.25) is 38.4 Å². The summed E-state index contributed by atoms with van der Waals surface area (Å²) in [6.45, 7) is 13.7. The molecular formula is C28H54N4O12. The van der Waals surface area contributed by atoms with Crippen LogP contribution in [0, 0.1) is 23.7 Å². The summed E-state index contributed by atoms with van der Waals surface area (Å²) in [5, 5.41) is 33.2. The molecule has 44 heavy (non-hydrogen) atoms. The molecular weight excluding hydrogens is 584 g/mol. The van der Waals surface area contributed by atoms with Gasteiger partial charge >= 0.3 is 23.9 Å². The molecule has 0 aromatic rings. The molecule has 16 heteroatoms. The van der Waals surface area contributed by atoms with E-state index >= 15 is 0 Å². The Morgan fingerprint density at radius 2 is 0.659 bits per heavy atom. The van der Waals surface area contributed by atoms with Crippen LogP contribution in [-0.4, -0.2) is 91.6 Å². The molecule has 0 rings (SSSR count). The fourth-order valence-corrected chi connectivity index (χ4v) is 2.51. The Bertz CT molecular complexity index is 895. The molecule has 0 aromatic carbocycles. The Labute approximate surface area is 259 Å². The van der Waals surface area contributed by atoms with E-state index in [2.05, 4.69) is 0 Å². The second-order valence-electron chi connectivity index (χ2n) is 11.1. The molecule has 16 nitrogen and oxygen atoms in total. The van der Waals surface area contributed by atoms with Crippen LogP contribution >= 0.6 is 0 Å². The molecule has 4 atom stereocenters. The molecule has 0 heterocycles. The minimum absolute atomic E-state index is 0. The second-order valence-corrected chi connectivity index (χ2v) is 11.1. The Hall–Kier alpha value is -3.60. The molecule has 0 saturated carbocycles. The van der Waals surface area contributed by atoms with E-state index in [0.29, 0.717) is 0 Å². The van der Waals surface area contributed by atoms with Crippen molar-refractivity contribution in [2.45, 2.75) is 105 Å². The van der Waals surface area contributed by atoms with Crippen LogP contribution in [-0.2, 0) is 38.4 Å². The van der Waals surface area contributed by atoms with E-state index in [4.69, 9.17) is 43.4 Å². The third-order valence-corrected chi connectivity index (χ3v) is 5.42. The molecule has 0 aromatic heterocycles. The summed E-state index contributed by atoms with van der Waals surface area (Å²) in [7, 11) is 0. The average molecular weight is 640 g/mol. The number of rotatable bonds is 16. The number of carboxylic acid groups (broad SMARTS) is 4. The van der Waals surface area contributed by atoms with Crippen LogP contribution in [0.5, 0.6) is 0 Å². The smallest absolute Gasteiger partial charge is 0.320 e. The monoisotopic (exact) mass is 639 g/mol. The summed E-state index contributed by atoms with van der Waals surface area (Å²) in [6, 6.07) is -3.81. The zero-order valence-electron chi connectivity index (χ0n) is 26.8. The van der Waals surface area contributed by atoms with Crippen molar-refractivity contribution in [3.63, 3.8) is 0 Å². The lowest BCUT2D eigenvalue weighted by atomic mass is 10.0. The van der Waals surface area contributed by atoms with Crippen LogP contribution < -0.4 is 22.9 Å². The molecule has 0 saturated heterocycles. The standard InChI is InChI=1S/4C7H13NO3.H2/c2*1-4(2)7(11)5(8)3-6(9)10;2*1-4(2)6(9)3-5(8)7(10)11;/h2*4-5H,3,8H2,1-2H3,(H,9,10);2*4-5H,3,8H2,1-2H3,(H,10,11);1H/t4*5-;/m1010./s1/i;;;;1+1. The quantitative estimate of drug-likeness (QED) is 0.112. The van der Waals surface area contributed by atoms with Crippen LogP contribution in [0.3, 0.4) is 0 Å². The summed E-state index contributed by atoms with van der Waals surface area (Å²) in [5.74, 6) is -5.61. The molecule has 0 amide bonds. The van der Waals surface area contributed by atoms with Gasteiger partial charge in [-0.2, -0.15) is 0 Å². The fourth-order valence-electron chi connectivity index (χ4n) is 2.51. The third-order valence-electron chi connectivity index (χ3n) is 5.42. The Morgan fingerprint density at radius 3 is 0.795 bits per heavy atom. The highest BCUT2D eigenvalue weighted by Crippen LogP contribution is 2.03. The van der Waals surface area contributed by atoms with Crippen molar-refractivity contribution in [2.24, 2.45) is 46.6 Å². The summed E-state index contributed by atoms with van der Waals surface area (Å²) < 4.78 is 0. The minimum Gasteiger partial charge on any atom is -0.481 e. The molecule has 12 N–H and O–H groups in total. The van der Waals surface area contributed by atoms with Crippen LogP contribution in [0.2, 0.25) is 0 Å². The molecule has 0 aliphatic carbocycles. The largest absolute Gasteiger partial charge is 0.481 e. The van der Waals surface area contributed by atoms with Gasteiger partial charge < -0.3 is 43.4 Å². The van der Waals surface area contributed by atoms with Crippen molar-refractivity contribution in [1.29, 1.82) is 0 Å². The first-order valence-corrected chi connectivity index (χ1v) is 13.8. The molecule has 0 spiro atoms. The maximum Gasteiger partial charge on any atom is 0.320 e. The highest BCUT2D eigenvalue weighted by Gasteiger charge is 2.21. The van der Waals surface area contributed by atoms with Gasteiger partial charge in [0.1, 0.15) is 23.7 Å². The van der Waals surface area contributed by atoms with Crippen molar-refractivity contribution in [2.75, 3.05) is 0 Å². The number of nitrogens with two attached hydrogens (primary N) is 4. The van der Waals surface area contributed by atoms with Crippen molar-refractivity contribution in [1.82, 2.24) is 0 Å². The number of Topliss-reactive ketones (excluding diaryl/α,β-unsaturated/α-hetero) is 4. The highest BCUT2D eigenvalue weighted by atomic mass is 16.4. The number of aliphatic carboxylic acids is 4. The van der Waals surface area contributed by atoms with Gasteiger partial charge in [-0.25, -0.2) is 0 Å². The zero-order valence-corrected chi connectivity index (χ0v) is 26.8. The van der Waals surface area contributed by atoms with E-state index in [1.165, 1.54) is 0 Å². The average Bonchev–Trinajstić information content (AvgIpc) is 2.87. The number of ketones is 4. The highest BCUT2D eigenvalue weighted by molar-refractivity contribution is 5.90. The lowest BCUT2D eigenvalue weighted by molar-refractivity contribution is -0.141. The lowest BCUT2D eigenvalue weighted by Gasteiger charge is -2.09. The molecule has 0 fully saturated rings. The van der Waals surface area contributed by atoms with E-state index < -0.39 is 48.0 Å². The van der Waals surface area contributed by atoms with Crippen LogP contribution in [0.25, 0.3) is 0 Å². The van der Waals surface area contributed by atoms with E-state index in [1.807, 2.05) is 0 Å². The zero-order chi connectivity index (χ0) is 36.1. The summed E-state index contributed by atoms with van der Waals surface area (Å²) in [6.07, 6.45) is -0.714. The summed E-state index contributed by atoms with van der Waals surface area (Å²) in [5.41, 5.74) is 20.8. The molecule has 0 aliphatic heterocycles. The van der Waals surface area contributed by atoms with Crippen LogP contribution in [0.4, 0.5) is 0 Å². The minimum atomic E-state index is -1.13. The van der Waals surface area contributed by atoms with Crippen molar-refractivity contribution >= 4 is 47.0 Å². The normalized spacial score (nSPS) is 13.1. The van der Waals surface area contributed by atoms with E-state index in [-0.39, 0.29) is 73.9 Å². The summed E-state index contributed by atoms with van der Waals surface area (Å²) >= 11 is 0. The van der Waals surface area contributed by atoms with E-state index in [0.717, 1.165) is 0 Å².